The molecule has 0 fully saturated rings. The van der Waals surface area contributed by atoms with Gasteiger partial charge in [-0.15, -0.1) is 0 Å². The molecular weight excluding hydrogens is 192 g/mol. The smallest absolute Gasteiger partial charge is 0.315 e. The number of hydrogen-bond acceptors (Lipinski definition) is 3. The third-order valence-electron chi connectivity index (χ3n) is 2.36. The average molecular weight is 206 g/mol. The summed E-state index contributed by atoms with van der Waals surface area (Å²) in [7, 11) is 0. The van der Waals surface area contributed by atoms with Crippen molar-refractivity contribution in [2.75, 3.05) is 6.61 Å². The minimum Gasteiger partial charge on any atom is -0.493 e. The van der Waals surface area contributed by atoms with Crippen molar-refractivity contribution in [1.29, 1.82) is 0 Å². The van der Waals surface area contributed by atoms with E-state index in [1.165, 1.54) is 0 Å². The number of benzene rings is 1. The fraction of sp³-hybridized carbons (Fsp3) is 0.417. The molecule has 0 aromatic heterocycles. The first-order valence-electron chi connectivity index (χ1n) is 5.26. The maximum Gasteiger partial charge on any atom is 0.315 e. The Hall–Kier alpha value is -1.51. The first-order valence-corrected chi connectivity index (χ1v) is 5.26. The number of ether oxygens (including phenoxy) is 2. The molecule has 1 aliphatic rings. The molecule has 0 aliphatic carbocycles. The van der Waals surface area contributed by atoms with Crippen molar-refractivity contribution in [2.45, 2.75) is 26.2 Å². The highest BCUT2D eigenvalue weighted by Gasteiger charge is 2.20. The zero-order valence-electron chi connectivity index (χ0n) is 8.79. The van der Waals surface area contributed by atoms with Crippen LogP contribution in [0.25, 0.3) is 0 Å². The van der Waals surface area contributed by atoms with Crippen LogP contribution in [-0.4, -0.2) is 12.6 Å². The molecule has 1 aromatic carbocycles. The van der Waals surface area contributed by atoms with E-state index in [1.54, 1.807) is 6.07 Å². The van der Waals surface area contributed by atoms with Crippen LogP contribution in [0.15, 0.2) is 18.2 Å². The second kappa shape index (κ2) is 4.34. The van der Waals surface area contributed by atoms with Crippen molar-refractivity contribution < 1.29 is 14.3 Å². The van der Waals surface area contributed by atoms with Crippen LogP contribution >= 0.6 is 0 Å². The number of carbonyl (C=O) groups is 1. The summed E-state index contributed by atoms with van der Waals surface area (Å²) in [4.78, 5) is 11.0. The molecule has 0 unspecified atom stereocenters. The highest BCUT2D eigenvalue weighted by molar-refractivity contribution is 5.81. The summed E-state index contributed by atoms with van der Waals surface area (Å²) in [6, 6.07) is 5.56. The minimum atomic E-state index is -0.185. The van der Waals surface area contributed by atoms with Crippen LogP contribution < -0.4 is 9.47 Å². The van der Waals surface area contributed by atoms with Crippen LogP contribution in [-0.2, 0) is 11.2 Å². The van der Waals surface area contributed by atoms with Crippen LogP contribution in [0.3, 0.4) is 0 Å². The Morgan fingerprint density at radius 3 is 3.13 bits per heavy atom. The Morgan fingerprint density at radius 2 is 2.33 bits per heavy atom. The van der Waals surface area contributed by atoms with Gasteiger partial charge in [-0.25, -0.2) is 0 Å². The van der Waals surface area contributed by atoms with E-state index >= 15 is 0 Å². The number of fused-ring (bicyclic) bond motifs is 1. The van der Waals surface area contributed by atoms with Crippen molar-refractivity contribution in [2.24, 2.45) is 0 Å². The van der Waals surface area contributed by atoms with Crippen molar-refractivity contribution in [1.82, 2.24) is 0 Å². The lowest BCUT2D eigenvalue weighted by molar-refractivity contribution is -0.131. The van der Waals surface area contributed by atoms with E-state index in [2.05, 4.69) is 6.92 Å². The molecular formula is C12H14O3. The molecule has 0 N–H and O–H groups in total. The fourth-order valence-electron chi connectivity index (χ4n) is 1.51. The number of hydrogen-bond donors (Lipinski definition) is 0. The summed E-state index contributed by atoms with van der Waals surface area (Å²) in [5.74, 6) is 1.24. The van der Waals surface area contributed by atoms with Crippen molar-refractivity contribution >= 4 is 5.97 Å². The van der Waals surface area contributed by atoms with Gasteiger partial charge in [0.1, 0.15) is 11.5 Å². The quantitative estimate of drug-likeness (QED) is 0.431. The fourth-order valence-corrected chi connectivity index (χ4v) is 1.51. The predicted molar refractivity (Wildman–Crippen MR) is 56.2 cm³/mol. The second-order valence-electron chi connectivity index (χ2n) is 3.62. The lowest BCUT2D eigenvalue weighted by atomic mass is 10.1. The Labute approximate surface area is 89.0 Å². The third kappa shape index (κ3) is 2.29. The number of esters is 1. The van der Waals surface area contributed by atoms with Crippen LogP contribution in [0, 0.1) is 0 Å². The SMILES string of the molecule is CCCCOc1ccc2c(c1)OC(=O)C2. The normalized spacial score (nSPS) is 13.5. The second-order valence-corrected chi connectivity index (χ2v) is 3.62. The Morgan fingerprint density at radius 1 is 1.47 bits per heavy atom. The van der Waals surface area contributed by atoms with Crippen molar-refractivity contribution in [3.05, 3.63) is 23.8 Å². The summed E-state index contributed by atoms with van der Waals surface area (Å²) < 4.78 is 10.6. The van der Waals surface area contributed by atoms with E-state index in [0.29, 0.717) is 18.8 Å². The molecule has 1 heterocycles. The van der Waals surface area contributed by atoms with Crippen molar-refractivity contribution in [3.63, 3.8) is 0 Å². The Balaban J connectivity index is 2.03. The van der Waals surface area contributed by atoms with Gasteiger partial charge in [-0.05, 0) is 12.5 Å². The topological polar surface area (TPSA) is 35.5 Å². The summed E-state index contributed by atoms with van der Waals surface area (Å²) >= 11 is 0. The van der Waals surface area contributed by atoms with Gasteiger partial charge in [0.05, 0.1) is 13.0 Å². The highest BCUT2D eigenvalue weighted by atomic mass is 16.5. The van der Waals surface area contributed by atoms with Gasteiger partial charge < -0.3 is 9.47 Å². The van der Waals surface area contributed by atoms with Crippen LogP contribution in [0.5, 0.6) is 11.5 Å². The molecule has 0 spiro atoms. The molecule has 2 rings (SSSR count). The molecule has 15 heavy (non-hydrogen) atoms. The summed E-state index contributed by atoms with van der Waals surface area (Å²) in [5, 5.41) is 0. The van der Waals surface area contributed by atoms with Crippen LogP contribution in [0.2, 0.25) is 0 Å². The van der Waals surface area contributed by atoms with Gasteiger partial charge in [0, 0.05) is 11.6 Å². The first kappa shape index (κ1) is 10.0. The zero-order valence-corrected chi connectivity index (χ0v) is 8.79. The van der Waals surface area contributed by atoms with Gasteiger partial charge >= 0.3 is 5.97 Å². The van der Waals surface area contributed by atoms with E-state index in [0.717, 1.165) is 24.2 Å². The number of carbonyl (C=O) groups excluding carboxylic acids is 1. The maximum atomic E-state index is 11.0. The van der Waals surface area contributed by atoms with Crippen LogP contribution in [0.4, 0.5) is 0 Å². The number of rotatable bonds is 4. The Kier molecular flexibility index (Phi) is 2.90. The van der Waals surface area contributed by atoms with Gasteiger partial charge in [0.2, 0.25) is 0 Å². The highest BCUT2D eigenvalue weighted by Crippen LogP contribution is 2.30. The van der Waals surface area contributed by atoms with Gasteiger partial charge in [-0.2, -0.15) is 0 Å². The van der Waals surface area contributed by atoms with E-state index in [4.69, 9.17) is 9.47 Å². The van der Waals surface area contributed by atoms with Gasteiger partial charge in [0.25, 0.3) is 0 Å². The molecule has 80 valence electrons. The lowest BCUT2D eigenvalue weighted by Crippen LogP contribution is -2.00. The first-order chi connectivity index (χ1) is 7.29. The summed E-state index contributed by atoms with van der Waals surface area (Å²) in [5.41, 5.74) is 0.947. The molecule has 0 amide bonds. The van der Waals surface area contributed by atoms with Crippen LogP contribution in [0.1, 0.15) is 25.3 Å². The molecule has 3 heteroatoms. The average Bonchev–Trinajstić information content (AvgIpc) is 2.57. The van der Waals surface area contributed by atoms with Crippen molar-refractivity contribution in [3.8, 4) is 11.5 Å². The molecule has 0 bridgehead atoms. The van der Waals surface area contributed by atoms with Gasteiger partial charge in [-0.1, -0.05) is 19.4 Å². The minimum absolute atomic E-state index is 0.185. The molecule has 0 saturated heterocycles. The Bertz CT molecular complexity index is 371. The zero-order chi connectivity index (χ0) is 10.7. The van der Waals surface area contributed by atoms with E-state index in [1.807, 2.05) is 12.1 Å². The maximum absolute atomic E-state index is 11.0. The summed E-state index contributed by atoms with van der Waals surface area (Å²) in [6.45, 7) is 2.83. The molecule has 0 radical (unpaired) electrons. The van der Waals surface area contributed by atoms with E-state index < -0.39 is 0 Å². The van der Waals surface area contributed by atoms with E-state index in [9.17, 15) is 4.79 Å². The predicted octanol–water partition coefficient (Wildman–Crippen LogP) is 2.33. The third-order valence-corrected chi connectivity index (χ3v) is 2.36. The largest absolute Gasteiger partial charge is 0.493 e. The summed E-state index contributed by atoms with van der Waals surface area (Å²) in [6.07, 6.45) is 2.53. The molecule has 0 saturated carbocycles. The van der Waals surface area contributed by atoms with Gasteiger partial charge in [-0.3, -0.25) is 4.79 Å². The molecule has 3 nitrogen and oxygen atoms in total. The number of unbranched alkanes of at least 4 members (excludes halogenated alkanes) is 1. The molecule has 1 aliphatic heterocycles. The molecule has 1 aromatic rings. The van der Waals surface area contributed by atoms with Gasteiger partial charge in [0.15, 0.2) is 0 Å². The van der Waals surface area contributed by atoms with E-state index in [-0.39, 0.29) is 5.97 Å². The standard InChI is InChI=1S/C12H14O3/c1-2-3-6-14-10-5-4-9-7-12(13)15-11(9)8-10/h4-5,8H,2-3,6-7H2,1H3. The molecule has 0 atom stereocenters. The monoisotopic (exact) mass is 206 g/mol. The lowest BCUT2D eigenvalue weighted by Gasteiger charge is -2.06.